The van der Waals surface area contributed by atoms with Gasteiger partial charge in [-0.3, -0.25) is 0 Å². The van der Waals surface area contributed by atoms with Gasteiger partial charge < -0.3 is 15.3 Å². The Labute approximate surface area is 87.5 Å². The standard InChI is InChI=1S/C11H24N2O/c1-11(12-6-5-9-14)10-13-7-3-2-4-8-13/h11-12,14H,2-10H2,1H3. The van der Waals surface area contributed by atoms with E-state index >= 15 is 0 Å². The quantitative estimate of drug-likeness (QED) is 0.624. The highest BCUT2D eigenvalue weighted by Crippen LogP contribution is 2.08. The molecule has 0 saturated carbocycles. The Balaban J connectivity index is 2.03. The van der Waals surface area contributed by atoms with E-state index in [1.54, 1.807) is 0 Å². The molecule has 1 fully saturated rings. The average molecular weight is 200 g/mol. The zero-order valence-corrected chi connectivity index (χ0v) is 9.34. The van der Waals surface area contributed by atoms with Crippen LogP contribution < -0.4 is 5.32 Å². The van der Waals surface area contributed by atoms with Gasteiger partial charge in [-0.05, 0) is 45.8 Å². The van der Waals surface area contributed by atoms with E-state index < -0.39 is 0 Å². The number of aliphatic hydroxyl groups is 1. The van der Waals surface area contributed by atoms with Crippen molar-refractivity contribution in [3.05, 3.63) is 0 Å². The van der Waals surface area contributed by atoms with Crippen molar-refractivity contribution in [2.45, 2.75) is 38.6 Å². The maximum Gasteiger partial charge on any atom is 0.0443 e. The number of hydrogen-bond donors (Lipinski definition) is 2. The summed E-state index contributed by atoms with van der Waals surface area (Å²) in [6, 6.07) is 0.555. The van der Waals surface area contributed by atoms with Gasteiger partial charge in [0, 0.05) is 19.2 Å². The molecule has 0 amide bonds. The fourth-order valence-corrected chi connectivity index (χ4v) is 2.02. The van der Waals surface area contributed by atoms with E-state index in [0.29, 0.717) is 12.6 Å². The highest BCUT2D eigenvalue weighted by molar-refractivity contribution is 4.70. The van der Waals surface area contributed by atoms with Crippen molar-refractivity contribution < 1.29 is 5.11 Å². The lowest BCUT2D eigenvalue weighted by Crippen LogP contribution is -2.41. The molecule has 2 N–H and O–H groups in total. The second-order valence-electron chi connectivity index (χ2n) is 4.29. The summed E-state index contributed by atoms with van der Waals surface area (Å²) in [7, 11) is 0. The van der Waals surface area contributed by atoms with Crippen molar-refractivity contribution in [3.8, 4) is 0 Å². The van der Waals surface area contributed by atoms with Crippen LogP contribution in [0.2, 0.25) is 0 Å². The van der Waals surface area contributed by atoms with Gasteiger partial charge in [0.25, 0.3) is 0 Å². The Bertz CT molecular complexity index is 135. The minimum Gasteiger partial charge on any atom is -0.396 e. The molecule has 0 aromatic rings. The third-order valence-corrected chi connectivity index (χ3v) is 2.81. The summed E-state index contributed by atoms with van der Waals surface area (Å²) in [4.78, 5) is 2.54. The molecule has 84 valence electrons. The molecular formula is C11H24N2O. The van der Waals surface area contributed by atoms with Crippen LogP contribution in [0.15, 0.2) is 0 Å². The smallest absolute Gasteiger partial charge is 0.0443 e. The van der Waals surface area contributed by atoms with Crippen molar-refractivity contribution in [3.63, 3.8) is 0 Å². The SMILES string of the molecule is CC(CN1CCCCC1)NCCCO. The molecule has 0 radical (unpaired) electrons. The molecular weight excluding hydrogens is 176 g/mol. The lowest BCUT2D eigenvalue weighted by molar-refractivity contribution is 0.207. The first-order chi connectivity index (χ1) is 6.83. The Morgan fingerprint density at radius 3 is 2.64 bits per heavy atom. The number of rotatable bonds is 6. The van der Waals surface area contributed by atoms with Crippen molar-refractivity contribution >= 4 is 0 Å². The number of piperidine rings is 1. The van der Waals surface area contributed by atoms with E-state index in [0.717, 1.165) is 19.5 Å². The second-order valence-corrected chi connectivity index (χ2v) is 4.29. The van der Waals surface area contributed by atoms with Crippen LogP contribution in [0.5, 0.6) is 0 Å². The molecule has 1 atom stereocenters. The van der Waals surface area contributed by atoms with Gasteiger partial charge >= 0.3 is 0 Å². The van der Waals surface area contributed by atoms with Crippen LogP contribution in [-0.2, 0) is 0 Å². The molecule has 1 heterocycles. The van der Waals surface area contributed by atoms with Gasteiger partial charge in [-0.25, -0.2) is 0 Å². The van der Waals surface area contributed by atoms with Gasteiger partial charge in [-0.15, -0.1) is 0 Å². The lowest BCUT2D eigenvalue weighted by atomic mass is 10.1. The predicted molar refractivity (Wildman–Crippen MR) is 59.5 cm³/mol. The summed E-state index contributed by atoms with van der Waals surface area (Å²) in [5.41, 5.74) is 0. The summed E-state index contributed by atoms with van der Waals surface area (Å²) in [6.07, 6.45) is 5.00. The minimum absolute atomic E-state index is 0.295. The first kappa shape index (κ1) is 12.0. The number of hydrogen-bond acceptors (Lipinski definition) is 3. The zero-order valence-electron chi connectivity index (χ0n) is 9.34. The monoisotopic (exact) mass is 200 g/mol. The third-order valence-electron chi connectivity index (χ3n) is 2.81. The molecule has 14 heavy (non-hydrogen) atoms. The molecule has 3 heteroatoms. The third kappa shape index (κ3) is 4.94. The highest BCUT2D eigenvalue weighted by Gasteiger charge is 2.12. The maximum atomic E-state index is 8.65. The molecule has 1 saturated heterocycles. The molecule has 0 spiro atoms. The second kappa shape index (κ2) is 7.21. The van der Waals surface area contributed by atoms with Crippen LogP contribution in [0.3, 0.4) is 0 Å². The van der Waals surface area contributed by atoms with Gasteiger partial charge in [-0.2, -0.15) is 0 Å². The Morgan fingerprint density at radius 2 is 2.00 bits per heavy atom. The molecule has 0 aromatic carbocycles. The van der Waals surface area contributed by atoms with E-state index in [-0.39, 0.29) is 0 Å². The van der Waals surface area contributed by atoms with Gasteiger partial charge in [0.15, 0.2) is 0 Å². The van der Waals surface area contributed by atoms with Crippen molar-refractivity contribution in [1.82, 2.24) is 10.2 Å². The normalized spacial score (nSPS) is 21.0. The van der Waals surface area contributed by atoms with E-state index in [9.17, 15) is 0 Å². The zero-order chi connectivity index (χ0) is 10.2. The van der Waals surface area contributed by atoms with Gasteiger partial charge in [0.1, 0.15) is 0 Å². The predicted octanol–water partition coefficient (Wildman–Crippen LogP) is 0.833. The number of nitrogens with one attached hydrogen (secondary N) is 1. The van der Waals surface area contributed by atoms with E-state index in [1.165, 1.54) is 32.4 Å². The fourth-order valence-electron chi connectivity index (χ4n) is 2.02. The topological polar surface area (TPSA) is 35.5 Å². The molecule has 1 aliphatic heterocycles. The summed E-state index contributed by atoms with van der Waals surface area (Å²) < 4.78 is 0. The van der Waals surface area contributed by atoms with Crippen molar-refractivity contribution in [2.75, 3.05) is 32.8 Å². The van der Waals surface area contributed by atoms with Crippen molar-refractivity contribution in [1.29, 1.82) is 0 Å². The van der Waals surface area contributed by atoms with Crippen LogP contribution in [0.25, 0.3) is 0 Å². The summed E-state index contributed by atoms with van der Waals surface area (Å²) in [5.74, 6) is 0. The maximum absolute atomic E-state index is 8.65. The average Bonchev–Trinajstić information content (AvgIpc) is 2.20. The van der Waals surface area contributed by atoms with Crippen LogP contribution in [0.4, 0.5) is 0 Å². The summed E-state index contributed by atoms with van der Waals surface area (Å²) >= 11 is 0. The summed E-state index contributed by atoms with van der Waals surface area (Å²) in [5, 5.41) is 12.1. The van der Waals surface area contributed by atoms with Crippen LogP contribution in [0.1, 0.15) is 32.6 Å². The number of likely N-dealkylation sites (tertiary alicyclic amines) is 1. The molecule has 1 aliphatic rings. The first-order valence-corrected chi connectivity index (χ1v) is 5.89. The molecule has 3 nitrogen and oxygen atoms in total. The number of aliphatic hydroxyl groups excluding tert-OH is 1. The van der Waals surface area contributed by atoms with E-state index in [2.05, 4.69) is 17.1 Å². The fraction of sp³-hybridized carbons (Fsp3) is 1.00. The van der Waals surface area contributed by atoms with Gasteiger partial charge in [0.05, 0.1) is 0 Å². The van der Waals surface area contributed by atoms with Crippen LogP contribution in [-0.4, -0.2) is 48.8 Å². The van der Waals surface area contributed by atoms with Crippen molar-refractivity contribution in [2.24, 2.45) is 0 Å². The molecule has 0 aliphatic carbocycles. The molecule has 0 aromatic heterocycles. The highest BCUT2D eigenvalue weighted by atomic mass is 16.3. The largest absolute Gasteiger partial charge is 0.396 e. The van der Waals surface area contributed by atoms with Gasteiger partial charge in [0.2, 0.25) is 0 Å². The lowest BCUT2D eigenvalue weighted by Gasteiger charge is -2.29. The minimum atomic E-state index is 0.295. The van der Waals surface area contributed by atoms with E-state index in [4.69, 9.17) is 5.11 Å². The molecule has 0 bridgehead atoms. The Hall–Kier alpha value is -0.120. The Kier molecular flexibility index (Phi) is 6.15. The Morgan fingerprint density at radius 1 is 1.29 bits per heavy atom. The molecule has 1 rings (SSSR count). The van der Waals surface area contributed by atoms with E-state index in [1.807, 2.05) is 0 Å². The number of nitrogens with zero attached hydrogens (tertiary/aromatic N) is 1. The first-order valence-electron chi connectivity index (χ1n) is 5.89. The van der Waals surface area contributed by atoms with Crippen LogP contribution in [0, 0.1) is 0 Å². The van der Waals surface area contributed by atoms with Gasteiger partial charge in [-0.1, -0.05) is 6.42 Å². The summed E-state index contributed by atoms with van der Waals surface area (Å²) in [6.45, 7) is 7.16. The van der Waals surface area contributed by atoms with Crippen LogP contribution >= 0.6 is 0 Å². The molecule has 1 unspecified atom stereocenters.